The van der Waals surface area contributed by atoms with E-state index in [1.165, 1.54) is 189 Å². The number of esters is 3. The highest BCUT2D eigenvalue weighted by atomic mass is 32.2. The van der Waals surface area contributed by atoms with Gasteiger partial charge in [-0.15, -0.1) is 0 Å². The first-order valence-electron chi connectivity index (χ1n) is 29.2. The van der Waals surface area contributed by atoms with Gasteiger partial charge in [-0.05, 0) is 19.3 Å². The summed E-state index contributed by atoms with van der Waals surface area (Å²) in [6.45, 7) is 8.39. The van der Waals surface area contributed by atoms with Crippen LogP contribution < -0.4 is 0 Å². The molecule has 0 unspecified atom stereocenters. The minimum Gasteiger partial charge on any atom is -0.466 e. The average molecular weight is 1070 g/mol. The zero-order valence-electron chi connectivity index (χ0n) is 46.2. The number of hydrogen-bond donors (Lipinski definition) is 0. The third-order valence-corrected chi connectivity index (χ3v) is 16.1. The average Bonchev–Trinajstić information content (AvgIpc) is 3.38. The Balaban J connectivity index is 2.46. The standard InChI is InChI=1S/C57H105N3O9S3/c1-4-7-10-13-16-19-22-25-28-31-40-67-55(64)37-46-70-43-34-52(61)58-49-59(53(62)35-44-71-47-38-56(65)68-41-32-29-26-23-20-17-14-11-8-5-2)51-60(50-58)54(63)36-45-72-48-39-57(66)69-42-33-30-27-24-21-18-15-12-9-6-3/h4-51H2,1-3H3. The van der Waals surface area contributed by atoms with E-state index in [9.17, 15) is 28.8 Å². The van der Waals surface area contributed by atoms with Crippen molar-refractivity contribution >= 4 is 70.9 Å². The SMILES string of the molecule is CCCCCCCCCCCCOC(=O)CCSCCC(=O)N1CN(C(=O)CCSCCC(=O)OCCCCCCCCCCCC)CN(C(=O)CCSCCC(=O)OCCCCCCCCCCCC)C1. The molecule has 0 aliphatic carbocycles. The summed E-state index contributed by atoms with van der Waals surface area (Å²) in [6.07, 6.45) is 38.4. The van der Waals surface area contributed by atoms with Crippen LogP contribution in [0.1, 0.15) is 252 Å². The maximum Gasteiger partial charge on any atom is 0.306 e. The van der Waals surface area contributed by atoms with Gasteiger partial charge < -0.3 is 28.9 Å². The van der Waals surface area contributed by atoms with Crippen molar-refractivity contribution in [1.29, 1.82) is 0 Å². The highest BCUT2D eigenvalue weighted by Crippen LogP contribution is 2.18. The molecule has 12 nitrogen and oxygen atoms in total. The van der Waals surface area contributed by atoms with Gasteiger partial charge in [0.25, 0.3) is 0 Å². The summed E-state index contributed by atoms with van der Waals surface area (Å²) in [7, 11) is 0. The highest BCUT2D eigenvalue weighted by Gasteiger charge is 2.31. The van der Waals surface area contributed by atoms with Gasteiger partial charge in [-0.25, -0.2) is 0 Å². The van der Waals surface area contributed by atoms with Gasteiger partial charge in [0, 0.05) is 53.8 Å². The maximum absolute atomic E-state index is 13.5. The molecule has 3 amide bonds. The fraction of sp³-hybridized carbons (Fsp3) is 0.895. The highest BCUT2D eigenvalue weighted by molar-refractivity contribution is 7.99. The van der Waals surface area contributed by atoms with Crippen molar-refractivity contribution < 1.29 is 43.0 Å². The number of hydrogen-bond acceptors (Lipinski definition) is 12. The van der Waals surface area contributed by atoms with E-state index in [0.29, 0.717) is 73.6 Å². The number of nitrogens with zero attached hydrogens (tertiary/aromatic N) is 3. The van der Waals surface area contributed by atoms with E-state index in [4.69, 9.17) is 14.2 Å². The molecule has 1 rings (SSSR count). The van der Waals surface area contributed by atoms with Gasteiger partial charge in [-0.3, -0.25) is 28.8 Å². The third-order valence-electron chi connectivity index (χ3n) is 13.1. The summed E-state index contributed by atoms with van der Waals surface area (Å²) < 4.78 is 16.3. The Morgan fingerprint density at radius 3 is 0.708 bits per heavy atom. The van der Waals surface area contributed by atoms with Gasteiger partial charge in [-0.2, -0.15) is 35.3 Å². The molecule has 0 aromatic carbocycles. The first-order valence-corrected chi connectivity index (χ1v) is 32.7. The zero-order valence-corrected chi connectivity index (χ0v) is 48.6. The Morgan fingerprint density at radius 1 is 0.292 bits per heavy atom. The minimum absolute atomic E-state index is 0.101. The second kappa shape index (κ2) is 51.0. The van der Waals surface area contributed by atoms with E-state index < -0.39 is 0 Å². The molecule has 0 saturated carbocycles. The summed E-state index contributed by atoms with van der Waals surface area (Å²) >= 11 is 4.57. The van der Waals surface area contributed by atoms with Crippen LogP contribution in [0.2, 0.25) is 0 Å². The van der Waals surface area contributed by atoms with Gasteiger partial charge in [0.05, 0.1) is 59.1 Å². The lowest BCUT2D eigenvalue weighted by molar-refractivity contribution is -0.158. The van der Waals surface area contributed by atoms with Gasteiger partial charge in [-0.1, -0.05) is 194 Å². The van der Waals surface area contributed by atoms with Crippen LogP contribution in [0, 0.1) is 0 Å². The van der Waals surface area contributed by atoms with Crippen LogP contribution in [-0.2, 0) is 43.0 Å². The molecule has 0 aromatic heterocycles. The summed E-state index contributed by atoms with van der Waals surface area (Å²) in [4.78, 5) is 82.2. The largest absolute Gasteiger partial charge is 0.466 e. The number of unbranched alkanes of at least 4 members (excludes halogenated alkanes) is 27. The van der Waals surface area contributed by atoms with Crippen LogP contribution >= 0.6 is 35.3 Å². The molecule has 0 N–H and O–H groups in total. The Morgan fingerprint density at radius 2 is 0.486 bits per heavy atom. The monoisotopic (exact) mass is 1070 g/mol. The van der Waals surface area contributed by atoms with Crippen molar-refractivity contribution in [1.82, 2.24) is 14.7 Å². The Hall–Kier alpha value is -2.13. The molecular weight excluding hydrogens is 967 g/mol. The lowest BCUT2D eigenvalue weighted by Crippen LogP contribution is -2.59. The molecule has 0 radical (unpaired) electrons. The number of rotatable bonds is 51. The van der Waals surface area contributed by atoms with Gasteiger partial charge >= 0.3 is 17.9 Å². The molecule has 1 heterocycles. The van der Waals surface area contributed by atoms with E-state index in [0.717, 1.165) is 38.5 Å². The molecular formula is C57H105N3O9S3. The summed E-state index contributed by atoms with van der Waals surface area (Å²) in [5, 5.41) is 0. The molecule has 1 aliphatic heterocycles. The molecule has 72 heavy (non-hydrogen) atoms. The van der Waals surface area contributed by atoms with Crippen molar-refractivity contribution in [2.75, 3.05) is 74.3 Å². The first-order chi connectivity index (χ1) is 35.2. The summed E-state index contributed by atoms with van der Waals surface area (Å²) in [5.74, 6) is 2.12. The Bertz CT molecular complexity index is 1200. The molecule has 1 aliphatic rings. The van der Waals surface area contributed by atoms with Crippen LogP contribution in [0.3, 0.4) is 0 Å². The van der Waals surface area contributed by atoms with Crippen LogP contribution in [0.25, 0.3) is 0 Å². The van der Waals surface area contributed by atoms with E-state index in [-0.39, 0.29) is 74.9 Å². The number of amides is 3. The molecule has 0 spiro atoms. The number of carbonyl (C=O) groups excluding carboxylic acids is 6. The number of carbonyl (C=O) groups is 6. The van der Waals surface area contributed by atoms with E-state index >= 15 is 0 Å². The number of thioether (sulfide) groups is 3. The molecule has 15 heteroatoms. The van der Waals surface area contributed by atoms with Crippen LogP contribution in [0.4, 0.5) is 0 Å². The van der Waals surface area contributed by atoms with E-state index in [1.54, 1.807) is 14.7 Å². The molecule has 420 valence electrons. The smallest absolute Gasteiger partial charge is 0.306 e. The molecule has 0 atom stereocenters. The van der Waals surface area contributed by atoms with Crippen molar-refractivity contribution in [2.45, 2.75) is 252 Å². The van der Waals surface area contributed by atoms with Crippen molar-refractivity contribution in [2.24, 2.45) is 0 Å². The predicted molar refractivity (Wildman–Crippen MR) is 303 cm³/mol. The second-order valence-corrected chi connectivity index (χ2v) is 23.4. The van der Waals surface area contributed by atoms with Crippen LogP contribution in [0.5, 0.6) is 0 Å². The summed E-state index contributed by atoms with van der Waals surface area (Å²) in [5.41, 5.74) is 0. The van der Waals surface area contributed by atoms with E-state index in [1.807, 2.05) is 0 Å². The molecule has 1 saturated heterocycles. The number of ether oxygens (including phenoxy) is 3. The quantitative estimate of drug-likeness (QED) is 0.0325. The fourth-order valence-electron chi connectivity index (χ4n) is 8.49. The van der Waals surface area contributed by atoms with Gasteiger partial charge in [0.15, 0.2) is 0 Å². The first kappa shape index (κ1) is 67.9. The Labute approximate surface area is 452 Å². The van der Waals surface area contributed by atoms with E-state index in [2.05, 4.69) is 20.8 Å². The third kappa shape index (κ3) is 42.1. The topological polar surface area (TPSA) is 140 Å². The molecule has 0 aromatic rings. The second-order valence-electron chi connectivity index (χ2n) is 19.8. The lowest BCUT2D eigenvalue weighted by atomic mass is 10.1. The van der Waals surface area contributed by atoms with Crippen LogP contribution in [-0.4, -0.2) is 125 Å². The molecule has 0 bridgehead atoms. The van der Waals surface area contributed by atoms with Crippen molar-refractivity contribution in [3.63, 3.8) is 0 Å². The summed E-state index contributed by atoms with van der Waals surface area (Å²) in [6, 6.07) is 0. The van der Waals surface area contributed by atoms with Crippen LogP contribution in [0.15, 0.2) is 0 Å². The van der Waals surface area contributed by atoms with Crippen molar-refractivity contribution in [3.8, 4) is 0 Å². The molecule has 1 fully saturated rings. The normalized spacial score (nSPS) is 12.6. The Kier molecular flexibility index (Phi) is 48.1. The van der Waals surface area contributed by atoms with Gasteiger partial charge in [0.2, 0.25) is 17.7 Å². The van der Waals surface area contributed by atoms with Gasteiger partial charge in [0.1, 0.15) is 0 Å². The lowest BCUT2D eigenvalue weighted by Gasteiger charge is -2.42. The zero-order chi connectivity index (χ0) is 52.4. The van der Waals surface area contributed by atoms with Crippen molar-refractivity contribution in [3.05, 3.63) is 0 Å². The maximum atomic E-state index is 13.5. The fourth-order valence-corrected chi connectivity index (χ4v) is 11.0. The predicted octanol–water partition coefficient (Wildman–Crippen LogP) is 14.3. The minimum atomic E-state index is -0.209.